The average Bonchev–Trinajstić information content (AvgIpc) is 2.58. The van der Waals surface area contributed by atoms with Crippen molar-refractivity contribution < 1.29 is 27.2 Å². The predicted octanol–water partition coefficient (Wildman–Crippen LogP) is 4.19. The lowest BCUT2D eigenvalue weighted by Crippen LogP contribution is -2.28. The highest BCUT2D eigenvalue weighted by molar-refractivity contribution is 7.85. The van der Waals surface area contributed by atoms with Gasteiger partial charge in [-0.2, -0.15) is 8.42 Å². The fourth-order valence-electron chi connectivity index (χ4n) is 2.74. The topological polar surface area (TPSA) is 82.1 Å². The molecule has 1 N–H and O–H groups in total. The number of unbranched alkanes of at least 4 members (excludes halogenated alkanes) is 2. The molecule has 0 saturated heterocycles. The molecule has 0 aromatic heterocycles. The second-order valence-electron chi connectivity index (χ2n) is 7.23. The highest BCUT2D eigenvalue weighted by atomic mass is 32.2. The van der Waals surface area contributed by atoms with Gasteiger partial charge in [0.05, 0.1) is 12.4 Å². The van der Waals surface area contributed by atoms with Gasteiger partial charge in [0, 0.05) is 6.61 Å². The fraction of sp³-hybridized carbons (Fsp3) is 0.700. The monoisotopic (exact) mass is 402 g/mol. The van der Waals surface area contributed by atoms with E-state index in [-0.39, 0.29) is 18.6 Å². The van der Waals surface area contributed by atoms with Crippen molar-refractivity contribution in [3.05, 3.63) is 29.8 Å². The van der Waals surface area contributed by atoms with Crippen LogP contribution < -0.4 is 4.74 Å². The van der Waals surface area contributed by atoms with Gasteiger partial charge in [-0.15, -0.1) is 0 Å². The second kappa shape index (κ2) is 11.6. The van der Waals surface area contributed by atoms with Crippen molar-refractivity contribution in [1.29, 1.82) is 0 Å². The smallest absolute Gasteiger partial charge is 0.267 e. The van der Waals surface area contributed by atoms with Crippen molar-refractivity contribution in [2.75, 3.05) is 25.6 Å². The molecule has 0 spiro atoms. The van der Waals surface area contributed by atoms with E-state index in [2.05, 4.69) is 32.9 Å². The van der Waals surface area contributed by atoms with E-state index in [0.29, 0.717) is 12.4 Å². The summed E-state index contributed by atoms with van der Waals surface area (Å²) in [5, 5.41) is 0. The number of benzene rings is 1. The van der Waals surface area contributed by atoms with Gasteiger partial charge in [0.25, 0.3) is 10.1 Å². The molecule has 1 aromatic rings. The summed E-state index contributed by atoms with van der Waals surface area (Å²) in [6.45, 7) is 8.96. The maximum atomic E-state index is 10.7. The van der Waals surface area contributed by atoms with Crippen LogP contribution in [0, 0.1) is 0 Å². The summed E-state index contributed by atoms with van der Waals surface area (Å²) in [5.41, 5.74) is 1.38. The fourth-order valence-corrected chi connectivity index (χ4v) is 3.07. The number of ether oxygens (including phenoxy) is 3. The van der Waals surface area contributed by atoms with Gasteiger partial charge in [-0.05, 0) is 36.5 Å². The number of rotatable bonds is 14. The molecule has 0 bridgehead atoms. The molecule has 1 atom stereocenters. The molecule has 0 fully saturated rings. The van der Waals surface area contributed by atoms with Gasteiger partial charge < -0.3 is 14.2 Å². The Hall–Kier alpha value is -1.15. The first-order valence-corrected chi connectivity index (χ1v) is 11.2. The van der Waals surface area contributed by atoms with Crippen LogP contribution in [0.3, 0.4) is 0 Å². The molecule has 1 rings (SSSR count). The first-order chi connectivity index (χ1) is 12.7. The van der Waals surface area contributed by atoms with E-state index < -0.39 is 22.2 Å². The van der Waals surface area contributed by atoms with Crippen LogP contribution in [0.25, 0.3) is 0 Å². The minimum atomic E-state index is -4.03. The van der Waals surface area contributed by atoms with E-state index in [1.807, 2.05) is 19.1 Å². The van der Waals surface area contributed by atoms with Crippen LogP contribution in [0.5, 0.6) is 5.75 Å². The van der Waals surface area contributed by atoms with E-state index in [1.54, 1.807) is 0 Å². The van der Waals surface area contributed by atoms with E-state index >= 15 is 0 Å². The van der Waals surface area contributed by atoms with Crippen LogP contribution in [-0.4, -0.2) is 44.8 Å². The third kappa shape index (κ3) is 10.1. The molecule has 0 aliphatic heterocycles. The molecule has 0 aliphatic carbocycles. The molecular weight excluding hydrogens is 368 g/mol. The molecule has 0 saturated carbocycles. The summed E-state index contributed by atoms with van der Waals surface area (Å²) >= 11 is 0. The quantitative estimate of drug-likeness (QED) is 0.285. The van der Waals surface area contributed by atoms with Crippen LogP contribution in [0.15, 0.2) is 24.3 Å². The van der Waals surface area contributed by atoms with E-state index in [4.69, 9.17) is 18.8 Å². The predicted molar refractivity (Wildman–Crippen MR) is 107 cm³/mol. The first kappa shape index (κ1) is 23.9. The molecule has 7 heteroatoms. The summed E-state index contributed by atoms with van der Waals surface area (Å²) in [5.74, 6) is 0.216. The maximum absolute atomic E-state index is 10.7. The largest absolute Gasteiger partial charge is 0.462 e. The van der Waals surface area contributed by atoms with Crippen molar-refractivity contribution in [1.82, 2.24) is 0 Å². The normalized spacial score (nSPS) is 13.5. The zero-order chi connectivity index (χ0) is 20.3. The van der Waals surface area contributed by atoms with Crippen LogP contribution >= 0.6 is 0 Å². The molecule has 0 amide bonds. The first-order valence-electron chi connectivity index (χ1n) is 9.59. The minimum absolute atomic E-state index is 0.0770. The Labute approximate surface area is 164 Å². The molecule has 0 heterocycles. The van der Waals surface area contributed by atoms with E-state index in [0.717, 1.165) is 6.42 Å². The highest BCUT2D eigenvalue weighted by Gasteiger charge is 2.20. The van der Waals surface area contributed by atoms with E-state index in [9.17, 15) is 8.42 Å². The Morgan fingerprint density at radius 1 is 1.11 bits per heavy atom. The summed E-state index contributed by atoms with van der Waals surface area (Å²) in [6, 6.07) is 7.98. The standard InChI is InChI=1S/C20H34O6S/c1-5-7-8-13-20(3,4)17-9-11-18(12-10-17)26-19(25-6-2)16-24-14-15-27(21,22)23/h9-12,19H,5-8,13-16H2,1-4H3,(H,21,22,23). The Bertz CT molecular complexity index is 624. The molecule has 0 aliphatic rings. The van der Waals surface area contributed by atoms with Gasteiger partial charge >= 0.3 is 0 Å². The lowest BCUT2D eigenvalue weighted by Gasteiger charge is -2.26. The highest BCUT2D eigenvalue weighted by Crippen LogP contribution is 2.30. The van der Waals surface area contributed by atoms with Gasteiger partial charge in [0.1, 0.15) is 12.4 Å². The van der Waals surface area contributed by atoms with Crippen molar-refractivity contribution >= 4 is 10.1 Å². The summed E-state index contributed by atoms with van der Waals surface area (Å²) in [7, 11) is -4.03. The third-order valence-electron chi connectivity index (χ3n) is 4.40. The van der Waals surface area contributed by atoms with Crippen LogP contribution in [-0.2, 0) is 25.0 Å². The van der Waals surface area contributed by atoms with Gasteiger partial charge in [0.2, 0.25) is 6.29 Å². The average molecular weight is 403 g/mol. The SMILES string of the molecule is CCCCCC(C)(C)c1ccc(OC(COCCS(=O)(=O)O)OCC)cc1. The lowest BCUT2D eigenvalue weighted by molar-refractivity contribution is -0.116. The number of hydrogen-bond acceptors (Lipinski definition) is 5. The Kier molecular flexibility index (Phi) is 10.3. The van der Waals surface area contributed by atoms with Gasteiger partial charge in [0.15, 0.2) is 0 Å². The molecular formula is C20H34O6S. The van der Waals surface area contributed by atoms with Crippen LogP contribution in [0.2, 0.25) is 0 Å². The summed E-state index contributed by atoms with van der Waals surface area (Å²) in [6.07, 6.45) is 4.19. The van der Waals surface area contributed by atoms with E-state index in [1.165, 1.54) is 24.8 Å². The zero-order valence-electron chi connectivity index (χ0n) is 16.9. The van der Waals surface area contributed by atoms with Crippen molar-refractivity contribution in [2.24, 2.45) is 0 Å². The molecule has 6 nitrogen and oxygen atoms in total. The van der Waals surface area contributed by atoms with Crippen molar-refractivity contribution in [3.8, 4) is 5.75 Å². The lowest BCUT2D eigenvalue weighted by atomic mass is 9.80. The van der Waals surface area contributed by atoms with Gasteiger partial charge in [-0.25, -0.2) is 0 Å². The summed E-state index contributed by atoms with van der Waals surface area (Å²) < 4.78 is 46.6. The molecule has 156 valence electrons. The third-order valence-corrected chi connectivity index (χ3v) is 5.08. The van der Waals surface area contributed by atoms with Crippen LogP contribution in [0.4, 0.5) is 0 Å². The zero-order valence-corrected chi connectivity index (χ0v) is 17.8. The Balaban J connectivity index is 2.58. The van der Waals surface area contributed by atoms with Gasteiger partial charge in [-0.3, -0.25) is 4.55 Å². The minimum Gasteiger partial charge on any atom is -0.462 e. The maximum Gasteiger partial charge on any atom is 0.267 e. The van der Waals surface area contributed by atoms with Gasteiger partial charge in [-0.1, -0.05) is 52.2 Å². The Morgan fingerprint density at radius 2 is 1.78 bits per heavy atom. The molecule has 1 aromatic carbocycles. The molecule has 27 heavy (non-hydrogen) atoms. The Morgan fingerprint density at radius 3 is 2.33 bits per heavy atom. The van der Waals surface area contributed by atoms with Crippen LogP contribution in [0.1, 0.15) is 58.9 Å². The van der Waals surface area contributed by atoms with Crippen molar-refractivity contribution in [2.45, 2.75) is 65.1 Å². The molecule has 0 radical (unpaired) electrons. The number of hydrogen-bond donors (Lipinski definition) is 1. The van der Waals surface area contributed by atoms with Crippen molar-refractivity contribution in [3.63, 3.8) is 0 Å². The molecule has 1 unspecified atom stereocenters. The second-order valence-corrected chi connectivity index (χ2v) is 8.80. The summed E-state index contributed by atoms with van der Waals surface area (Å²) in [4.78, 5) is 0.